The fraction of sp³-hybridized carbons (Fsp3) is 0.0833. The molecule has 90 valence electrons. The molecule has 0 aliphatic rings. The van der Waals surface area contributed by atoms with Crippen molar-refractivity contribution in [3.63, 3.8) is 0 Å². The second kappa shape index (κ2) is 5.02. The van der Waals surface area contributed by atoms with Gasteiger partial charge in [-0.15, -0.1) is 0 Å². The van der Waals surface area contributed by atoms with Gasteiger partial charge in [-0.1, -0.05) is 0 Å². The van der Waals surface area contributed by atoms with Crippen LogP contribution < -0.4 is 10.3 Å². The van der Waals surface area contributed by atoms with Crippen molar-refractivity contribution < 1.29 is 4.74 Å². The van der Waals surface area contributed by atoms with Gasteiger partial charge in [0, 0.05) is 30.0 Å². The molecular formula is C12H8BrN3O2. The van der Waals surface area contributed by atoms with E-state index in [1.807, 2.05) is 6.07 Å². The van der Waals surface area contributed by atoms with Crippen LogP contribution in [0.1, 0.15) is 5.69 Å². The number of hydrogen-bond donors (Lipinski definition) is 0. The molecule has 0 aromatic carbocycles. The number of rotatable bonds is 2. The summed E-state index contributed by atoms with van der Waals surface area (Å²) < 4.78 is 7.65. The number of pyridine rings is 2. The average Bonchev–Trinajstić information content (AvgIpc) is 2.34. The monoisotopic (exact) mass is 305 g/mol. The summed E-state index contributed by atoms with van der Waals surface area (Å²) in [6.07, 6.45) is 3.07. The lowest BCUT2D eigenvalue weighted by atomic mass is 10.3. The number of nitrogens with zero attached hydrogens (tertiary/aromatic N) is 3. The molecule has 2 heterocycles. The lowest BCUT2D eigenvalue weighted by molar-refractivity contribution is 0.471. The Labute approximate surface area is 111 Å². The van der Waals surface area contributed by atoms with Crippen LogP contribution in [0.4, 0.5) is 0 Å². The van der Waals surface area contributed by atoms with Crippen molar-refractivity contribution in [2.75, 3.05) is 0 Å². The summed E-state index contributed by atoms with van der Waals surface area (Å²) in [5.41, 5.74) is 0.0577. The highest BCUT2D eigenvalue weighted by molar-refractivity contribution is 9.10. The minimum atomic E-state index is -0.129. The number of aromatic nitrogens is 2. The molecule has 18 heavy (non-hydrogen) atoms. The minimum absolute atomic E-state index is 0.129. The average molecular weight is 306 g/mol. The van der Waals surface area contributed by atoms with Crippen LogP contribution in [0.15, 0.2) is 39.9 Å². The van der Waals surface area contributed by atoms with E-state index in [1.54, 1.807) is 25.4 Å². The maximum Gasteiger partial charge on any atom is 0.250 e. The van der Waals surface area contributed by atoms with E-state index in [2.05, 4.69) is 20.9 Å². The predicted octanol–water partition coefficient (Wildman–Crippen LogP) is 2.21. The molecule has 0 aliphatic carbocycles. The van der Waals surface area contributed by atoms with Gasteiger partial charge in [0.25, 0.3) is 5.56 Å². The number of nitriles is 1. The zero-order chi connectivity index (χ0) is 13.1. The normalized spacial score (nSPS) is 9.83. The Balaban J connectivity index is 2.39. The molecule has 0 radical (unpaired) electrons. The summed E-state index contributed by atoms with van der Waals surface area (Å²) >= 11 is 3.26. The summed E-state index contributed by atoms with van der Waals surface area (Å²) in [5.74, 6) is 0.805. The molecule has 2 aromatic rings. The molecule has 0 spiro atoms. The van der Waals surface area contributed by atoms with Gasteiger partial charge in [0.1, 0.15) is 11.8 Å². The van der Waals surface area contributed by atoms with Crippen LogP contribution in [0.5, 0.6) is 11.5 Å². The molecule has 0 atom stereocenters. The Morgan fingerprint density at radius 2 is 2.28 bits per heavy atom. The van der Waals surface area contributed by atoms with E-state index in [0.29, 0.717) is 16.0 Å². The molecule has 5 nitrogen and oxygen atoms in total. The largest absolute Gasteiger partial charge is 0.453 e. The van der Waals surface area contributed by atoms with Gasteiger partial charge in [0.15, 0.2) is 11.4 Å². The second-order valence-electron chi connectivity index (χ2n) is 3.53. The van der Waals surface area contributed by atoms with Crippen LogP contribution in [-0.2, 0) is 7.05 Å². The van der Waals surface area contributed by atoms with Crippen molar-refractivity contribution >= 4 is 15.9 Å². The smallest absolute Gasteiger partial charge is 0.250 e. The fourth-order valence-electron chi connectivity index (χ4n) is 1.34. The Morgan fingerprint density at radius 3 is 2.94 bits per heavy atom. The first-order valence-corrected chi connectivity index (χ1v) is 5.79. The fourth-order valence-corrected chi connectivity index (χ4v) is 1.65. The highest BCUT2D eigenvalue weighted by atomic mass is 79.9. The van der Waals surface area contributed by atoms with E-state index < -0.39 is 0 Å². The topological polar surface area (TPSA) is 67.9 Å². The van der Waals surface area contributed by atoms with Gasteiger partial charge in [-0.2, -0.15) is 5.26 Å². The molecule has 0 saturated carbocycles. The van der Waals surface area contributed by atoms with Crippen LogP contribution in [0.2, 0.25) is 0 Å². The van der Waals surface area contributed by atoms with Gasteiger partial charge in [0.05, 0.1) is 0 Å². The van der Waals surface area contributed by atoms with Gasteiger partial charge in [-0.25, -0.2) is 4.98 Å². The molecule has 0 saturated heterocycles. The molecule has 6 heteroatoms. The highest BCUT2D eigenvalue weighted by Crippen LogP contribution is 2.25. The molecule has 0 unspecified atom stereocenters. The Hall–Kier alpha value is -2.13. The minimum Gasteiger partial charge on any atom is -0.453 e. The SMILES string of the molecule is Cn1cc(Oc2cc(Br)cnc2C#N)ccc1=O. The van der Waals surface area contributed by atoms with E-state index in [4.69, 9.17) is 10.00 Å². The number of hydrogen-bond acceptors (Lipinski definition) is 4. The van der Waals surface area contributed by atoms with Crippen molar-refractivity contribution in [3.05, 3.63) is 51.1 Å². The van der Waals surface area contributed by atoms with Gasteiger partial charge in [-0.05, 0) is 28.1 Å². The van der Waals surface area contributed by atoms with E-state index in [1.165, 1.54) is 16.8 Å². The lowest BCUT2D eigenvalue weighted by Crippen LogP contribution is -2.13. The maximum atomic E-state index is 11.2. The molecule has 2 aromatic heterocycles. The first-order valence-electron chi connectivity index (χ1n) is 5.00. The maximum absolute atomic E-state index is 11.2. The third kappa shape index (κ3) is 2.57. The third-order valence-electron chi connectivity index (χ3n) is 2.21. The van der Waals surface area contributed by atoms with E-state index in [-0.39, 0.29) is 11.3 Å². The van der Waals surface area contributed by atoms with Crippen LogP contribution >= 0.6 is 15.9 Å². The summed E-state index contributed by atoms with van der Waals surface area (Å²) in [6, 6.07) is 6.53. The van der Waals surface area contributed by atoms with Gasteiger partial charge in [0.2, 0.25) is 0 Å². The van der Waals surface area contributed by atoms with Crippen molar-refractivity contribution in [3.8, 4) is 17.6 Å². The van der Waals surface area contributed by atoms with Crippen LogP contribution in [0, 0.1) is 11.3 Å². The molecule has 0 aliphatic heterocycles. The van der Waals surface area contributed by atoms with Crippen LogP contribution in [0.3, 0.4) is 0 Å². The van der Waals surface area contributed by atoms with E-state index in [9.17, 15) is 4.79 Å². The first kappa shape index (κ1) is 12.3. The molecule has 2 rings (SSSR count). The number of aryl methyl sites for hydroxylation is 1. The Morgan fingerprint density at radius 1 is 1.50 bits per heavy atom. The summed E-state index contributed by atoms with van der Waals surface area (Å²) in [5, 5.41) is 8.92. The van der Waals surface area contributed by atoms with E-state index >= 15 is 0 Å². The standard InChI is InChI=1S/C12H8BrN3O2/c1-16-7-9(2-3-12(16)17)18-11-4-8(13)6-15-10(11)5-14/h2-4,6-7H,1H3. The molecule has 0 N–H and O–H groups in total. The van der Waals surface area contributed by atoms with E-state index in [0.717, 1.165) is 0 Å². The zero-order valence-corrected chi connectivity index (χ0v) is 11.0. The van der Waals surface area contributed by atoms with Crippen molar-refractivity contribution in [1.29, 1.82) is 5.26 Å². The van der Waals surface area contributed by atoms with Gasteiger partial charge >= 0.3 is 0 Å². The summed E-state index contributed by atoms with van der Waals surface area (Å²) in [7, 11) is 1.62. The van der Waals surface area contributed by atoms with Crippen molar-refractivity contribution in [1.82, 2.24) is 9.55 Å². The molecular weight excluding hydrogens is 298 g/mol. The van der Waals surface area contributed by atoms with Crippen LogP contribution in [0.25, 0.3) is 0 Å². The molecule has 0 bridgehead atoms. The quantitative estimate of drug-likeness (QED) is 0.853. The Bertz CT molecular complexity index is 688. The summed E-state index contributed by atoms with van der Waals surface area (Å²) in [6.45, 7) is 0. The second-order valence-corrected chi connectivity index (χ2v) is 4.44. The third-order valence-corrected chi connectivity index (χ3v) is 2.65. The number of halogens is 1. The van der Waals surface area contributed by atoms with Gasteiger partial charge in [-0.3, -0.25) is 4.79 Å². The lowest BCUT2D eigenvalue weighted by Gasteiger charge is -2.07. The first-order chi connectivity index (χ1) is 8.60. The predicted molar refractivity (Wildman–Crippen MR) is 68.4 cm³/mol. The van der Waals surface area contributed by atoms with Crippen molar-refractivity contribution in [2.45, 2.75) is 0 Å². The zero-order valence-electron chi connectivity index (χ0n) is 9.42. The van der Waals surface area contributed by atoms with Gasteiger partial charge < -0.3 is 9.30 Å². The van der Waals surface area contributed by atoms with Crippen LogP contribution in [-0.4, -0.2) is 9.55 Å². The Kier molecular flexibility index (Phi) is 3.44. The number of ether oxygens (including phenoxy) is 1. The molecule has 0 fully saturated rings. The summed E-state index contributed by atoms with van der Waals surface area (Å²) in [4.78, 5) is 15.2. The molecule has 0 amide bonds. The highest BCUT2D eigenvalue weighted by Gasteiger charge is 2.07. The van der Waals surface area contributed by atoms with Crippen molar-refractivity contribution in [2.24, 2.45) is 7.05 Å².